The van der Waals surface area contributed by atoms with Crippen LogP contribution in [0.5, 0.6) is 0 Å². The third kappa shape index (κ3) is 5.03. The highest BCUT2D eigenvalue weighted by atomic mass is 19.1. The number of esters is 1. The van der Waals surface area contributed by atoms with Gasteiger partial charge in [0, 0.05) is 12.6 Å². The predicted octanol–water partition coefficient (Wildman–Crippen LogP) is 2.04. The Bertz CT molecular complexity index is 463. The standard InChI is InChI=1S/C13H15F2NO3/c1-2-7-19-12(17)5-6-16-13(18)10-4-3-9(14)8-11(10)15/h3-4,8H,2,5-7H2,1H3,(H,16,18). The first-order chi connectivity index (χ1) is 9.04. The maximum Gasteiger partial charge on any atom is 0.307 e. The highest BCUT2D eigenvalue weighted by Gasteiger charge is 2.12. The quantitative estimate of drug-likeness (QED) is 0.805. The molecule has 0 aliphatic heterocycles. The molecular formula is C13H15F2NO3. The molecular weight excluding hydrogens is 256 g/mol. The van der Waals surface area contributed by atoms with Crippen molar-refractivity contribution in [3.63, 3.8) is 0 Å². The minimum atomic E-state index is -0.939. The Balaban J connectivity index is 2.41. The van der Waals surface area contributed by atoms with Crippen LogP contribution >= 0.6 is 0 Å². The second-order valence-corrected chi connectivity index (χ2v) is 3.85. The third-order valence-electron chi connectivity index (χ3n) is 2.26. The van der Waals surface area contributed by atoms with Crippen LogP contribution in [0.2, 0.25) is 0 Å². The molecule has 0 heterocycles. The molecule has 0 saturated heterocycles. The van der Waals surface area contributed by atoms with Gasteiger partial charge in [0.1, 0.15) is 11.6 Å². The fourth-order valence-corrected chi connectivity index (χ4v) is 1.34. The summed E-state index contributed by atoms with van der Waals surface area (Å²) in [7, 11) is 0. The van der Waals surface area contributed by atoms with Gasteiger partial charge in [-0.3, -0.25) is 9.59 Å². The molecule has 19 heavy (non-hydrogen) atoms. The van der Waals surface area contributed by atoms with Crippen molar-refractivity contribution < 1.29 is 23.1 Å². The number of halogens is 2. The molecule has 0 aliphatic carbocycles. The SMILES string of the molecule is CCCOC(=O)CCNC(=O)c1ccc(F)cc1F. The van der Waals surface area contributed by atoms with Gasteiger partial charge in [0.05, 0.1) is 18.6 Å². The summed E-state index contributed by atoms with van der Waals surface area (Å²) in [6.07, 6.45) is 0.730. The Labute approximate surface area is 109 Å². The monoisotopic (exact) mass is 271 g/mol. The fourth-order valence-electron chi connectivity index (χ4n) is 1.34. The molecule has 0 atom stereocenters. The Morgan fingerprint density at radius 2 is 2.05 bits per heavy atom. The molecule has 0 spiro atoms. The van der Waals surface area contributed by atoms with Crippen molar-refractivity contribution in [2.75, 3.05) is 13.2 Å². The van der Waals surface area contributed by atoms with E-state index in [0.29, 0.717) is 12.7 Å². The molecule has 104 valence electrons. The van der Waals surface area contributed by atoms with Crippen molar-refractivity contribution in [2.24, 2.45) is 0 Å². The third-order valence-corrected chi connectivity index (χ3v) is 2.26. The van der Waals surface area contributed by atoms with Crippen LogP contribution in [-0.4, -0.2) is 25.0 Å². The van der Waals surface area contributed by atoms with Gasteiger partial charge in [-0.15, -0.1) is 0 Å². The maximum atomic E-state index is 13.3. The van der Waals surface area contributed by atoms with E-state index in [4.69, 9.17) is 4.74 Å². The number of carbonyl (C=O) groups excluding carboxylic acids is 2. The van der Waals surface area contributed by atoms with E-state index in [9.17, 15) is 18.4 Å². The summed E-state index contributed by atoms with van der Waals surface area (Å²) in [5, 5.41) is 2.36. The van der Waals surface area contributed by atoms with Gasteiger partial charge in [-0.25, -0.2) is 8.78 Å². The zero-order valence-corrected chi connectivity index (χ0v) is 10.5. The Kier molecular flexibility index (Phi) is 5.92. The first-order valence-electron chi connectivity index (χ1n) is 5.93. The number of amides is 1. The molecule has 1 aromatic rings. The molecule has 1 amide bonds. The number of nitrogens with one attached hydrogen (secondary N) is 1. The van der Waals surface area contributed by atoms with Gasteiger partial charge >= 0.3 is 5.97 Å². The lowest BCUT2D eigenvalue weighted by atomic mass is 10.2. The number of benzene rings is 1. The lowest BCUT2D eigenvalue weighted by Gasteiger charge is -2.06. The fraction of sp³-hybridized carbons (Fsp3) is 0.385. The normalized spacial score (nSPS) is 10.1. The van der Waals surface area contributed by atoms with E-state index in [1.807, 2.05) is 6.92 Å². The average molecular weight is 271 g/mol. The Morgan fingerprint density at radius 1 is 1.32 bits per heavy atom. The van der Waals surface area contributed by atoms with Gasteiger partial charge in [-0.1, -0.05) is 6.92 Å². The summed E-state index contributed by atoms with van der Waals surface area (Å²) in [6, 6.07) is 2.67. The highest BCUT2D eigenvalue weighted by molar-refractivity contribution is 5.94. The molecule has 0 fully saturated rings. The van der Waals surface area contributed by atoms with Crippen LogP contribution < -0.4 is 5.32 Å². The lowest BCUT2D eigenvalue weighted by Crippen LogP contribution is -2.27. The summed E-state index contributed by atoms with van der Waals surface area (Å²) in [6.45, 7) is 2.24. The molecule has 6 heteroatoms. The van der Waals surface area contributed by atoms with E-state index in [1.54, 1.807) is 0 Å². The van der Waals surface area contributed by atoms with E-state index in [-0.39, 0.29) is 18.5 Å². The smallest absolute Gasteiger partial charge is 0.307 e. The van der Waals surface area contributed by atoms with Crippen molar-refractivity contribution in [1.82, 2.24) is 5.32 Å². The summed E-state index contributed by atoms with van der Waals surface area (Å²) >= 11 is 0. The van der Waals surface area contributed by atoms with Gasteiger partial charge in [0.15, 0.2) is 0 Å². The van der Waals surface area contributed by atoms with Crippen molar-refractivity contribution in [3.8, 4) is 0 Å². The van der Waals surface area contributed by atoms with Gasteiger partial charge < -0.3 is 10.1 Å². The second-order valence-electron chi connectivity index (χ2n) is 3.85. The molecule has 0 saturated carbocycles. The van der Waals surface area contributed by atoms with E-state index in [2.05, 4.69) is 5.32 Å². The number of ether oxygens (including phenoxy) is 1. The number of carbonyl (C=O) groups is 2. The predicted molar refractivity (Wildman–Crippen MR) is 64.6 cm³/mol. The summed E-state index contributed by atoms with van der Waals surface area (Å²) < 4.78 is 30.7. The van der Waals surface area contributed by atoms with Crippen molar-refractivity contribution >= 4 is 11.9 Å². The molecule has 0 aromatic heterocycles. The Morgan fingerprint density at radius 3 is 2.68 bits per heavy atom. The molecule has 1 rings (SSSR count). The average Bonchev–Trinajstić information content (AvgIpc) is 2.36. The van der Waals surface area contributed by atoms with Gasteiger partial charge in [-0.2, -0.15) is 0 Å². The molecule has 4 nitrogen and oxygen atoms in total. The molecule has 1 aromatic carbocycles. The van der Waals surface area contributed by atoms with Crippen LogP contribution in [0.4, 0.5) is 8.78 Å². The largest absolute Gasteiger partial charge is 0.466 e. The first-order valence-corrected chi connectivity index (χ1v) is 5.93. The molecule has 0 unspecified atom stereocenters. The summed E-state index contributed by atoms with van der Waals surface area (Å²) in [5.41, 5.74) is -0.261. The van der Waals surface area contributed by atoms with Crippen molar-refractivity contribution in [1.29, 1.82) is 0 Å². The maximum absolute atomic E-state index is 13.3. The van der Waals surface area contributed by atoms with Gasteiger partial charge in [0.25, 0.3) is 5.91 Å². The number of hydrogen-bond acceptors (Lipinski definition) is 3. The Hall–Kier alpha value is -1.98. The van der Waals surface area contributed by atoms with Gasteiger partial charge in [0.2, 0.25) is 0 Å². The van der Waals surface area contributed by atoms with E-state index < -0.39 is 23.5 Å². The highest BCUT2D eigenvalue weighted by Crippen LogP contribution is 2.09. The van der Waals surface area contributed by atoms with E-state index >= 15 is 0 Å². The first kappa shape index (κ1) is 15.1. The van der Waals surface area contributed by atoms with Crippen LogP contribution in [0.15, 0.2) is 18.2 Å². The lowest BCUT2D eigenvalue weighted by molar-refractivity contribution is -0.143. The second kappa shape index (κ2) is 7.45. The molecule has 0 bridgehead atoms. The van der Waals surface area contributed by atoms with Crippen LogP contribution in [-0.2, 0) is 9.53 Å². The van der Waals surface area contributed by atoms with Crippen LogP contribution in [0.3, 0.4) is 0 Å². The number of rotatable bonds is 6. The van der Waals surface area contributed by atoms with E-state index in [0.717, 1.165) is 18.6 Å². The zero-order valence-electron chi connectivity index (χ0n) is 10.5. The van der Waals surface area contributed by atoms with Crippen LogP contribution in [0.1, 0.15) is 30.1 Å². The number of hydrogen-bond donors (Lipinski definition) is 1. The summed E-state index contributed by atoms with van der Waals surface area (Å²) in [4.78, 5) is 22.7. The molecule has 0 radical (unpaired) electrons. The van der Waals surface area contributed by atoms with Gasteiger partial charge in [-0.05, 0) is 18.6 Å². The van der Waals surface area contributed by atoms with E-state index in [1.165, 1.54) is 0 Å². The minimum Gasteiger partial charge on any atom is -0.466 e. The topological polar surface area (TPSA) is 55.4 Å². The molecule has 1 N–H and O–H groups in total. The minimum absolute atomic E-state index is 0.00849. The molecule has 0 aliphatic rings. The zero-order chi connectivity index (χ0) is 14.3. The van der Waals surface area contributed by atoms with Crippen LogP contribution in [0, 0.1) is 11.6 Å². The summed E-state index contributed by atoms with van der Waals surface area (Å²) in [5.74, 6) is -2.81. The van der Waals surface area contributed by atoms with Crippen molar-refractivity contribution in [2.45, 2.75) is 19.8 Å². The van der Waals surface area contributed by atoms with Crippen LogP contribution in [0.25, 0.3) is 0 Å². The van der Waals surface area contributed by atoms with Crippen molar-refractivity contribution in [3.05, 3.63) is 35.4 Å².